The zero-order valence-corrected chi connectivity index (χ0v) is 6.82. The fraction of sp³-hybridized carbons (Fsp3) is 1.00. The van der Waals surface area contributed by atoms with Gasteiger partial charge in [-0.1, -0.05) is 26.2 Å². The Morgan fingerprint density at radius 1 is 1.44 bits per heavy atom. The highest BCUT2D eigenvalue weighted by Gasteiger charge is 2.33. The van der Waals surface area contributed by atoms with Crippen molar-refractivity contribution in [2.24, 2.45) is 5.92 Å². The number of hydrogen-bond donors (Lipinski definition) is 0. The monoisotopic (exact) mass is 146 g/mol. The van der Waals surface area contributed by atoms with Gasteiger partial charge in [0.1, 0.15) is 0 Å². The molecule has 1 aliphatic carbocycles. The van der Waals surface area contributed by atoms with Crippen LogP contribution >= 0.6 is 11.6 Å². The highest BCUT2D eigenvalue weighted by molar-refractivity contribution is 6.22. The average molecular weight is 147 g/mol. The fourth-order valence-electron chi connectivity index (χ4n) is 1.17. The Morgan fingerprint density at radius 2 is 2.11 bits per heavy atom. The van der Waals surface area contributed by atoms with Crippen molar-refractivity contribution in [2.45, 2.75) is 44.4 Å². The van der Waals surface area contributed by atoms with Gasteiger partial charge in [0.2, 0.25) is 0 Å². The summed E-state index contributed by atoms with van der Waals surface area (Å²) in [5.41, 5.74) is 0. The lowest BCUT2D eigenvalue weighted by molar-refractivity contribution is 0.621. The van der Waals surface area contributed by atoms with E-state index < -0.39 is 0 Å². The van der Waals surface area contributed by atoms with Crippen molar-refractivity contribution in [3.8, 4) is 0 Å². The van der Waals surface area contributed by atoms with Crippen LogP contribution in [0.25, 0.3) is 0 Å². The van der Waals surface area contributed by atoms with Gasteiger partial charge in [-0.15, -0.1) is 11.6 Å². The van der Waals surface area contributed by atoms with E-state index in [1.54, 1.807) is 0 Å². The largest absolute Gasteiger partial charge is 0.123 e. The Kier molecular flexibility index (Phi) is 2.84. The van der Waals surface area contributed by atoms with Crippen LogP contribution in [0.15, 0.2) is 0 Å². The lowest BCUT2D eigenvalue weighted by Crippen LogP contribution is -1.80. The number of hydrogen-bond acceptors (Lipinski definition) is 0. The standard InChI is InChI=1S/C8H15Cl/c1-2-3-4-5-7-6-8(7)9/h7-8H,2-6H2,1H3. The molecular weight excluding hydrogens is 132 g/mol. The highest BCUT2D eigenvalue weighted by atomic mass is 35.5. The van der Waals surface area contributed by atoms with Gasteiger partial charge in [-0.3, -0.25) is 0 Å². The summed E-state index contributed by atoms with van der Waals surface area (Å²) >= 11 is 5.83. The van der Waals surface area contributed by atoms with Crippen LogP contribution in [0.1, 0.15) is 39.0 Å². The molecule has 2 atom stereocenters. The van der Waals surface area contributed by atoms with E-state index in [-0.39, 0.29) is 0 Å². The SMILES string of the molecule is CCCCCC1CC1Cl. The van der Waals surface area contributed by atoms with E-state index in [4.69, 9.17) is 11.6 Å². The third-order valence-corrected chi connectivity index (χ3v) is 2.55. The van der Waals surface area contributed by atoms with Gasteiger partial charge in [-0.25, -0.2) is 0 Å². The second-order valence-electron chi connectivity index (χ2n) is 3.01. The van der Waals surface area contributed by atoms with Crippen LogP contribution in [-0.2, 0) is 0 Å². The second kappa shape index (κ2) is 3.46. The summed E-state index contributed by atoms with van der Waals surface area (Å²) in [5.74, 6) is 0.887. The predicted molar refractivity (Wildman–Crippen MR) is 41.9 cm³/mol. The van der Waals surface area contributed by atoms with E-state index in [1.807, 2.05) is 0 Å². The molecule has 1 fully saturated rings. The summed E-state index contributed by atoms with van der Waals surface area (Å²) < 4.78 is 0. The molecule has 0 aliphatic heterocycles. The van der Waals surface area contributed by atoms with Crippen LogP contribution in [0.5, 0.6) is 0 Å². The molecule has 0 aromatic rings. The fourth-order valence-corrected chi connectivity index (χ4v) is 1.52. The van der Waals surface area contributed by atoms with Gasteiger partial charge in [-0.05, 0) is 18.8 Å². The summed E-state index contributed by atoms with van der Waals surface area (Å²) in [6.07, 6.45) is 6.78. The van der Waals surface area contributed by atoms with E-state index >= 15 is 0 Å². The predicted octanol–water partition coefficient (Wildman–Crippen LogP) is 3.19. The lowest BCUT2D eigenvalue weighted by Gasteiger charge is -1.93. The second-order valence-corrected chi connectivity index (χ2v) is 3.57. The van der Waals surface area contributed by atoms with E-state index in [1.165, 1.54) is 32.1 Å². The van der Waals surface area contributed by atoms with Crippen LogP contribution in [-0.4, -0.2) is 5.38 Å². The van der Waals surface area contributed by atoms with Crippen molar-refractivity contribution in [1.29, 1.82) is 0 Å². The summed E-state index contributed by atoms with van der Waals surface area (Å²) in [6.45, 7) is 2.24. The maximum atomic E-state index is 5.83. The van der Waals surface area contributed by atoms with E-state index in [9.17, 15) is 0 Å². The van der Waals surface area contributed by atoms with Crippen LogP contribution in [0.4, 0.5) is 0 Å². The minimum absolute atomic E-state index is 0.543. The Morgan fingerprint density at radius 3 is 2.56 bits per heavy atom. The van der Waals surface area contributed by atoms with Gasteiger partial charge in [0.05, 0.1) is 0 Å². The first kappa shape index (κ1) is 7.40. The maximum absolute atomic E-state index is 5.83. The molecule has 2 unspecified atom stereocenters. The minimum atomic E-state index is 0.543. The molecule has 0 N–H and O–H groups in total. The number of halogens is 1. The van der Waals surface area contributed by atoms with Gasteiger partial charge in [-0.2, -0.15) is 0 Å². The summed E-state index contributed by atoms with van der Waals surface area (Å²) in [7, 11) is 0. The molecule has 1 rings (SSSR count). The quantitative estimate of drug-likeness (QED) is 0.422. The molecule has 0 radical (unpaired) electrons. The maximum Gasteiger partial charge on any atom is 0.0367 e. The molecule has 54 valence electrons. The van der Waals surface area contributed by atoms with Crippen molar-refractivity contribution in [2.75, 3.05) is 0 Å². The summed E-state index contributed by atoms with van der Waals surface area (Å²) in [4.78, 5) is 0. The molecule has 0 aromatic heterocycles. The zero-order valence-electron chi connectivity index (χ0n) is 6.07. The van der Waals surface area contributed by atoms with Crippen LogP contribution in [0, 0.1) is 5.92 Å². The molecule has 1 saturated carbocycles. The summed E-state index contributed by atoms with van der Waals surface area (Å²) in [6, 6.07) is 0. The van der Waals surface area contributed by atoms with E-state index in [2.05, 4.69) is 6.92 Å². The normalized spacial score (nSPS) is 32.7. The van der Waals surface area contributed by atoms with E-state index in [0.29, 0.717) is 5.38 Å². The Hall–Kier alpha value is 0.290. The third-order valence-electron chi connectivity index (χ3n) is 2.01. The van der Waals surface area contributed by atoms with Crippen molar-refractivity contribution >= 4 is 11.6 Å². The number of alkyl halides is 1. The third kappa shape index (κ3) is 2.57. The van der Waals surface area contributed by atoms with Crippen molar-refractivity contribution in [3.63, 3.8) is 0 Å². The summed E-state index contributed by atoms with van der Waals surface area (Å²) in [5, 5.41) is 0.543. The Bertz CT molecular complexity index is 80.6. The number of unbranched alkanes of at least 4 members (excludes halogenated alkanes) is 2. The van der Waals surface area contributed by atoms with Crippen LogP contribution in [0.2, 0.25) is 0 Å². The molecule has 0 saturated heterocycles. The smallest absolute Gasteiger partial charge is 0.0367 e. The molecule has 0 nitrogen and oxygen atoms in total. The lowest BCUT2D eigenvalue weighted by atomic mass is 10.1. The molecule has 0 amide bonds. The van der Waals surface area contributed by atoms with Crippen molar-refractivity contribution in [1.82, 2.24) is 0 Å². The van der Waals surface area contributed by atoms with Crippen LogP contribution in [0.3, 0.4) is 0 Å². The Balaban J connectivity index is 1.83. The molecular formula is C8H15Cl. The van der Waals surface area contributed by atoms with Crippen molar-refractivity contribution in [3.05, 3.63) is 0 Å². The first-order valence-corrected chi connectivity index (χ1v) is 4.42. The molecule has 9 heavy (non-hydrogen) atoms. The van der Waals surface area contributed by atoms with Gasteiger partial charge in [0.25, 0.3) is 0 Å². The molecule has 0 spiro atoms. The first-order valence-electron chi connectivity index (χ1n) is 3.98. The molecule has 0 heterocycles. The van der Waals surface area contributed by atoms with Crippen LogP contribution < -0.4 is 0 Å². The van der Waals surface area contributed by atoms with E-state index in [0.717, 1.165) is 5.92 Å². The topological polar surface area (TPSA) is 0 Å². The first-order chi connectivity index (χ1) is 4.34. The van der Waals surface area contributed by atoms with Gasteiger partial charge in [0, 0.05) is 5.38 Å². The van der Waals surface area contributed by atoms with Gasteiger partial charge >= 0.3 is 0 Å². The zero-order chi connectivity index (χ0) is 6.69. The average Bonchev–Trinajstić information content (AvgIpc) is 2.48. The molecule has 0 bridgehead atoms. The van der Waals surface area contributed by atoms with Gasteiger partial charge < -0.3 is 0 Å². The molecule has 1 heteroatoms. The van der Waals surface area contributed by atoms with Crippen molar-refractivity contribution < 1.29 is 0 Å². The number of rotatable bonds is 4. The minimum Gasteiger partial charge on any atom is -0.123 e. The van der Waals surface area contributed by atoms with Gasteiger partial charge in [0.15, 0.2) is 0 Å². The molecule has 1 aliphatic rings. The highest BCUT2D eigenvalue weighted by Crippen LogP contribution is 2.39. The Labute approximate surface area is 62.6 Å². The molecule has 0 aromatic carbocycles.